The van der Waals surface area contributed by atoms with E-state index in [0.717, 1.165) is 37.7 Å². The maximum Gasteiger partial charge on any atom is 0.409 e. The van der Waals surface area contributed by atoms with Crippen LogP contribution in [0.25, 0.3) is 10.9 Å². The summed E-state index contributed by atoms with van der Waals surface area (Å²) in [6.07, 6.45) is 1.51. The van der Waals surface area contributed by atoms with Gasteiger partial charge in [0, 0.05) is 56.6 Å². The second-order valence-corrected chi connectivity index (χ2v) is 13.1. The fourth-order valence-corrected chi connectivity index (χ4v) is 6.31. The lowest BCUT2D eigenvalue weighted by Crippen LogP contribution is -2.56. The predicted molar refractivity (Wildman–Crippen MR) is 179 cm³/mol. The van der Waals surface area contributed by atoms with Crippen LogP contribution < -0.4 is 15.4 Å². The van der Waals surface area contributed by atoms with Crippen molar-refractivity contribution in [2.24, 2.45) is 0 Å². The third kappa shape index (κ3) is 9.16. The van der Waals surface area contributed by atoms with Crippen LogP contribution in [0.15, 0.2) is 24.3 Å². The number of amides is 5. The molecule has 3 aliphatic rings. The van der Waals surface area contributed by atoms with Gasteiger partial charge >= 0.3 is 6.09 Å². The first kappa shape index (κ1) is 36.7. The molecule has 2 unspecified atom stereocenters. The number of halogens is 2. The van der Waals surface area contributed by atoms with E-state index in [1.807, 2.05) is 19.9 Å². The summed E-state index contributed by atoms with van der Waals surface area (Å²) < 4.78 is 38.5. The summed E-state index contributed by atoms with van der Waals surface area (Å²) in [6, 6.07) is 4.63. The average Bonchev–Trinajstić information content (AvgIpc) is 3.58. The molecule has 15 heteroatoms. The van der Waals surface area contributed by atoms with E-state index < -0.39 is 49.4 Å². The van der Waals surface area contributed by atoms with Gasteiger partial charge in [0.15, 0.2) is 6.61 Å². The number of pyridine rings is 1. The molecule has 5 rings (SSSR count). The van der Waals surface area contributed by atoms with Crippen molar-refractivity contribution in [2.75, 3.05) is 45.9 Å². The third-order valence-corrected chi connectivity index (χ3v) is 9.43. The Morgan fingerprint density at radius 3 is 2.40 bits per heavy atom. The topological polar surface area (TPSA) is 150 Å². The van der Waals surface area contributed by atoms with E-state index >= 15 is 0 Å². The SMILES string of the molecule is CCCCOC(=O)N1CCN(C(=O)C(CC(F)F)NC(=O)c2cc(OCC(=O)N3CCCC3C(=O)NC3CCC3)c3ccc(C)cc3n2)CC1. The van der Waals surface area contributed by atoms with E-state index in [1.165, 1.54) is 20.8 Å². The lowest BCUT2D eigenvalue weighted by Gasteiger charge is -2.36. The number of carbonyl (C=O) groups excluding carboxylic acids is 5. The molecule has 0 bridgehead atoms. The van der Waals surface area contributed by atoms with Crippen LogP contribution in [0.4, 0.5) is 13.6 Å². The van der Waals surface area contributed by atoms with Crippen molar-refractivity contribution >= 4 is 40.6 Å². The number of piperazine rings is 1. The van der Waals surface area contributed by atoms with Gasteiger partial charge in [0.1, 0.15) is 23.5 Å². The zero-order chi connectivity index (χ0) is 35.8. The van der Waals surface area contributed by atoms with Gasteiger partial charge in [0.25, 0.3) is 11.8 Å². The number of aromatic nitrogens is 1. The number of aryl methyl sites for hydroxylation is 1. The van der Waals surface area contributed by atoms with Crippen molar-refractivity contribution < 1.29 is 42.2 Å². The molecule has 0 spiro atoms. The number of carbonyl (C=O) groups is 5. The zero-order valence-electron chi connectivity index (χ0n) is 28.6. The molecule has 50 heavy (non-hydrogen) atoms. The highest BCUT2D eigenvalue weighted by Crippen LogP contribution is 2.28. The van der Waals surface area contributed by atoms with Crippen LogP contribution >= 0.6 is 0 Å². The van der Waals surface area contributed by atoms with Crippen molar-refractivity contribution in [2.45, 2.75) is 89.8 Å². The second kappa shape index (κ2) is 16.9. The van der Waals surface area contributed by atoms with Crippen LogP contribution in [0.1, 0.15) is 74.3 Å². The van der Waals surface area contributed by atoms with Crippen molar-refractivity contribution in [3.05, 3.63) is 35.5 Å². The number of alkyl halides is 2. The fourth-order valence-electron chi connectivity index (χ4n) is 6.31. The van der Waals surface area contributed by atoms with E-state index in [2.05, 4.69) is 15.6 Å². The van der Waals surface area contributed by atoms with Crippen molar-refractivity contribution in [3.8, 4) is 5.75 Å². The molecule has 2 aliphatic heterocycles. The van der Waals surface area contributed by atoms with Gasteiger partial charge in [-0.15, -0.1) is 0 Å². The predicted octanol–water partition coefficient (Wildman–Crippen LogP) is 3.42. The van der Waals surface area contributed by atoms with Gasteiger partial charge < -0.3 is 34.8 Å². The largest absolute Gasteiger partial charge is 0.483 e. The minimum Gasteiger partial charge on any atom is -0.483 e. The average molecular weight is 701 g/mol. The molecule has 2 atom stereocenters. The van der Waals surface area contributed by atoms with Gasteiger partial charge in [-0.1, -0.05) is 19.4 Å². The van der Waals surface area contributed by atoms with Crippen LogP contribution in [0.2, 0.25) is 0 Å². The normalized spacial score (nSPS) is 18.5. The molecule has 272 valence electrons. The van der Waals surface area contributed by atoms with E-state index in [1.54, 1.807) is 12.1 Å². The number of hydrogen-bond acceptors (Lipinski definition) is 8. The minimum absolute atomic E-state index is 0.0942. The number of unbranched alkanes of at least 4 members (excludes halogenated alkanes) is 1. The Bertz CT molecular complexity index is 1560. The molecule has 1 aromatic carbocycles. The molecular formula is C35H46F2N6O7. The first-order valence-electron chi connectivity index (χ1n) is 17.5. The Kier molecular flexibility index (Phi) is 12.4. The Balaban J connectivity index is 1.26. The molecule has 1 saturated carbocycles. The molecule has 13 nitrogen and oxygen atoms in total. The highest BCUT2D eigenvalue weighted by Gasteiger charge is 2.36. The fraction of sp³-hybridized carbons (Fsp3) is 0.600. The quantitative estimate of drug-likeness (QED) is 0.302. The smallest absolute Gasteiger partial charge is 0.409 e. The zero-order valence-corrected chi connectivity index (χ0v) is 28.6. The molecule has 2 N–H and O–H groups in total. The van der Waals surface area contributed by atoms with Crippen LogP contribution in [0, 0.1) is 6.92 Å². The van der Waals surface area contributed by atoms with Crippen LogP contribution in [-0.2, 0) is 19.1 Å². The monoisotopic (exact) mass is 700 g/mol. The molecule has 1 aliphatic carbocycles. The van der Waals surface area contributed by atoms with Gasteiger partial charge in [-0.2, -0.15) is 0 Å². The lowest BCUT2D eigenvalue weighted by molar-refractivity contribution is -0.140. The number of nitrogens with zero attached hydrogens (tertiary/aromatic N) is 4. The number of ether oxygens (including phenoxy) is 2. The Labute approximate surface area is 290 Å². The number of rotatable bonds is 13. The van der Waals surface area contributed by atoms with E-state index in [9.17, 15) is 32.8 Å². The van der Waals surface area contributed by atoms with Gasteiger partial charge in [-0.3, -0.25) is 19.2 Å². The van der Waals surface area contributed by atoms with Crippen molar-refractivity contribution in [1.29, 1.82) is 0 Å². The molecule has 3 heterocycles. The van der Waals surface area contributed by atoms with Gasteiger partial charge in [-0.05, 0) is 63.1 Å². The molecule has 5 amide bonds. The number of hydrogen-bond donors (Lipinski definition) is 2. The number of likely N-dealkylation sites (tertiary alicyclic amines) is 1. The maximum absolute atomic E-state index is 13.7. The third-order valence-electron chi connectivity index (χ3n) is 9.43. The summed E-state index contributed by atoms with van der Waals surface area (Å²) in [4.78, 5) is 74.1. The summed E-state index contributed by atoms with van der Waals surface area (Å²) in [7, 11) is 0. The number of benzene rings is 1. The van der Waals surface area contributed by atoms with Crippen LogP contribution in [0.3, 0.4) is 0 Å². The highest BCUT2D eigenvalue weighted by atomic mass is 19.3. The van der Waals surface area contributed by atoms with E-state index in [4.69, 9.17) is 9.47 Å². The van der Waals surface area contributed by atoms with Gasteiger partial charge in [-0.25, -0.2) is 18.6 Å². The maximum atomic E-state index is 13.7. The molecular weight excluding hydrogens is 654 g/mol. The van der Waals surface area contributed by atoms with Gasteiger partial charge in [0.05, 0.1) is 12.1 Å². The Hall–Kier alpha value is -4.56. The summed E-state index contributed by atoms with van der Waals surface area (Å²) in [5.41, 5.74) is 1.02. The van der Waals surface area contributed by atoms with Crippen molar-refractivity contribution in [3.63, 3.8) is 0 Å². The minimum atomic E-state index is -2.89. The summed E-state index contributed by atoms with van der Waals surface area (Å²) in [5, 5.41) is 5.97. The summed E-state index contributed by atoms with van der Waals surface area (Å²) >= 11 is 0. The van der Waals surface area contributed by atoms with E-state index in [0.29, 0.717) is 36.9 Å². The molecule has 0 radical (unpaired) electrons. The first-order chi connectivity index (χ1) is 24.0. The number of fused-ring (bicyclic) bond motifs is 1. The molecule has 2 saturated heterocycles. The molecule has 2 aromatic rings. The second-order valence-electron chi connectivity index (χ2n) is 13.1. The summed E-state index contributed by atoms with van der Waals surface area (Å²) in [5.74, 6) is -1.94. The van der Waals surface area contributed by atoms with Crippen LogP contribution in [-0.4, -0.2) is 120 Å². The highest BCUT2D eigenvalue weighted by molar-refractivity contribution is 5.99. The molecule has 3 fully saturated rings. The van der Waals surface area contributed by atoms with E-state index in [-0.39, 0.29) is 55.5 Å². The Morgan fingerprint density at radius 1 is 0.980 bits per heavy atom. The standard InChI is InChI=1S/C35H46F2N6O7/c1-3-4-17-49-35(48)42-15-13-41(14-16-42)34(47)27(20-30(36)37)40-32(45)26-19-29(24-11-10-22(2)18-25(24)39-26)50-21-31(44)43-12-6-9-28(43)33(46)38-23-7-5-8-23/h10-11,18-19,23,27-28,30H,3-9,12-17,20-21H2,1-2H3,(H,38,46)(H,40,45). The number of nitrogens with one attached hydrogen (secondary N) is 2. The Morgan fingerprint density at radius 2 is 1.72 bits per heavy atom. The lowest BCUT2D eigenvalue weighted by atomic mass is 9.93. The molecule has 1 aromatic heterocycles. The first-order valence-corrected chi connectivity index (χ1v) is 17.5. The van der Waals surface area contributed by atoms with Crippen LogP contribution in [0.5, 0.6) is 5.75 Å². The van der Waals surface area contributed by atoms with Crippen molar-refractivity contribution in [1.82, 2.24) is 30.3 Å². The van der Waals surface area contributed by atoms with Gasteiger partial charge in [0.2, 0.25) is 18.2 Å². The summed E-state index contributed by atoms with van der Waals surface area (Å²) in [6.45, 7) is 4.65.